The number of pyridine rings is 1. The molecule has 2 aromatic carbocycles. The predicted octanol–water partition coefficient (Wildman–Crippen LogP) is 6.11. The molecule has 0 aliphatic carbocycles. The lowest BCUT2D eigenvalue weighted by Crippen LogP contribution is -2.40. The molecule has 1 unspecified atom stereocenters. The van der Waals surface area contributed by atoms with Crippen LogP contribution in [0, 0.1) is 0 Å². The third-order valence-corrected chi connectivity index (χ3v) is 5.82. The van der Waals surface area contributed by atoms with Crippen LogP contribution in [0.15, 0.2) is 73.1 Å². The van der Waals surface area contributed by atoms with E-state index in [2.05, 4.69) is 15.0 Å². The number of benzene rings is 2. The first-order chi connectivity index (χ1) is 17.9. The maximum Gasteiger partial charge on any atom is 0.326 e. The van der Waals surface area contributed by atoms with Gasteiger partial charge in [0.1, 0.15) is 18.4 Å². The molecule has 1 atom stereocenters. The number of amides is 1. The van der Waals surface area contributed by atoms with Crippen molar-refractivity contribution in [3.8, 4) is 16.9 Å². The van der Waals surface area contributed by atoms with Gasteiger partial charge in [0.25, 0.3) is 5.91 Å². The molecule has 39 heavy (non-hydrogen) atoms. The number of carbonyl (C=O) groups is 3. The second kappa shape index (κ2) is 19.3. The molecule has 0 aliphatic rings. The molecule has 9 heteroatoms. The van der Waals surface area contributed by atoms with E-state index in [1.165, 1.54) is 7.11 Å². The molecule has 3 rings (SSSR count). The van der Waals surface area contributed by atoms with Gasteiger partial charge in [0.2, 0.25) is 0 Å². The summed E-state index contributed by atoms with van der Waals surface area (Å²) in [6.07, 6.45) is 6.10. The monoisotopic (exact) mass is 556 g/mol. The van der Waals surface area contributed by atoms with Crippen molar-refractivity contribution in [3.63, 3.8) is 0 Å². The molecule has 8 nitrogen and oxygen atoms in total. The molecule has 1 heterocycles. The topological polar surface area (TPSA) is 115 Å². The van der Waals surface area contributed by atoms with E-state index in [1.807, 2.05) is 48.7 Å². The molecule has 0 saturated heterocycles. The lowest BCUT2D eigenvalue weighted by Gasteiger charge is -2.16. The maximum atomic E-state index is 12.8. The Bertz CT molecular complexity index is 1140. The second-order valence-electron chi connectivity index (χ2n) is 7.81. The number of aromatic nitrogens is 1. The summed E-state index contributed by atoms with van der Waals surface area (Å²) in [5.41, 5.74) is 2.88. The number of hydrogen-bond acceptors (Lipinski definition) is 7. The minimum atomic E-state index is -1.05. The molecule has 2 N–H and O–H groups in total. The van der Waals surface area contributed by atoms with Crippen molar-refractivity contribution in [3.05, 3.63) is 84.2 Å². The van der Waals surface area contributed by atoms with Crippen LogP contribution in [-0.4, -0.2) is 53.1 Å². The van der Waals surface area contributed by atoms with Crippen LogP contribution < -0.4 is 10.1 Å². The van der Waals surface area contributed by atoms with Gasteiger partial charge in [-0.25, -0.2) is 4.79 Å². The number of methoxy groups -OCH3 is 1. The van der Waals surface area contributed by atoms with Crippen LogP contribution in [-0.2, 0) is 20.9 Å². The highest BCUT2D eigenvalue weighted by atomic mass is 32.2. The Morgan fingerprint density at radius 3 is 2.33 bits per heavy atom. The minimum absolute atomic E-state index is 0. The minimum Gasteiger partial charge on any atom is -0.487 e. The number of thioether (sulfide) groups is 1. The van der Waals surface area contributed by atoms with Gasteiger partial charge in [-0.2, -0.15) is 11.8 Å². The summed E-state index contributed by atoms with van der Waals surface area (Å²) in [5.74, 6) is -0.0873. The molecule has 0 radical (unpaired) electrons. The van der Waals surface area contributed by atoms with Crippen LogP contribution in [0.3, 0.4) is 0 Å². The van der Waals surface area contributed by atoms with Crippen LogP contribution in [0.5, 0.6) is 5.75 Å². The highest BCUT2D eigenvalue weighted by Crippen LogP contribution is 2.26. The predicted molar refractivity (Wildman–Crippen MR) is 158 cm³/mol. The standard InChI is InChI=1S/C23H22N2O4.C5H10O2S.2CH4/c1-2-21(23(27)28)25-22(26)19-11-10-16(15-29-18-9-6-12-24-14-18)13-20(19)17-7-4-3-5-8-17;1-7-5(6)3-4-8-2;;/h3-14,21H,2,15H2,1H3,(H,25,26)(H,27,28);3-4H2,1-2H3;2*1H4. The zero-order valence-corrected chi connectivity index (χ0v) is 22.0. The average Bonchev–Trinajstić information content (AvgIpc) is 2.94. The molecule has 0 spiro atoms. The Morgan fingerprint density at radius 1 is 1.05 bits per heavy atom. The van der Waals surface area contributed by atoms with Crippen molar-refractivity contribution in [1.29, 1.82) is 0 Å². The van der Waals surface area contributed by atoms with Gasteiger partial charge in [0.05, 0.1) is 19.7 Å². The van der Waals surface area contributed by atoms with Crippen molar-refractivity contribution >= 4 is 29.6 Å². The number of hydrogen-bond donors (Lipinski definition) is 2. The van der Waals surface area contributed by atoms with E-state index in [9.17, 15) is 19.5 Å². The maximum absolute atomic E-state index is 12.8. The van der Waals surface area contributed by atoms with E-state index >= 15 is 0 Å². The number of ether oxygens (including phenoxy) is 2. The van der Waals surface area contributed by atoms with Crippen molar-refractivity contribution in [2.75, 3.05) is 19.1 Å². The van der Waals surface area contributed by atoms with Crippen molar-refractivity contribution in [2.24, 2.45) is 0 Å². The van der Waals surface area contributed by atoms with E-state index in [0.29, 0.717) is 30.8 Å². The molecule has 0 fully saturated rings. The van der Waals surface area contributed by atoms with Gasteiger partial charge >= 0.3 is 11.9 Å². The van der Waals surface area contributed by atoms with Gasteiger partial charge < -0.3 is 19.9 Å². The summed E-state index contributed by atoms with van der Waals surface area (Å²) in [6.45, 7) is 2.04. The van der Waals surface area contributed by atoms with Crippen LogP contribution in [0.4, 0.5) is 0 Å². The first-order valence-electron chi connectivity index (χ1n) is 11.7. The molecule has 0 aliphatic heterocycles. The zero-order valence-electron chi connectivity index (χ0n) is 21.2. The lowest BCUT2D eigenvalue weighted by atomic mass is 9.96. The lowest BCUT2D eigenvalue weighted by molar-refractivity contribution is -0.140. The Morgan fingerprint density at radius 2 is 1.77 bits per heavy atom. The number of carboxylic acid groups (broad SMARTS) is 1. The summed E-state index contributed by atoms with van der Waals surface area (Å²) in [5, 5.41) is 11.8. The Labute approximate surface area is 236 Å². The van der Waals surface area contributed by atoms with Gasteiger partial charge in [-0.05, 0) is 53.6 Å². The van der Waals surface area contributed by atoms with Crippen molar-refractivity contribution in [1.82, 2.24) is 10.3 Å². The van der Waals surface area contributed by atoms with Gasteiger partial charge in [0, 0.05) is 17.5 Å². The molecule has 3 aromatic rings. The number of rotatable bonds is 11. The largest absolute Gasteiger partial charge is 0.487 e. The quantitative estimate of drug-likeness (QED) is 0.272. The fourth-order valence-electron chi connectivity index (χ4n) is 3.20. The van der Waals surface area contributed by atoms with E-state index in [-0.39, 0.29) is 20.8 Å². The third-order valence-electron chi connectivity index (χ3n) is 5.20. The number of esters is 1. The number of nitrogens with one attached hydrogen (secondary N) is 1. The fourth-order valence-corrected chi connectivity index (χ4v) is 3.57. The highest BCUT2D eigenvalue weighted by molar-refractivity contribution is 7.98. The molecular weight excluding hydrogens is 516 g/mol. The highest BCUT2D eigenvalue weighted by Gasteiger charge is 2.21. The number of nitrogens with zero attached hydrogens (tertiary/aromatic N) is 1. The van der Waals surface area contributed by atoms with Gasteiger partial charge in [-0.3, -0.25) is 14.6 Å². The van der Waals surface area contributed by atoms with Crippen LogP contribution in [0.1, 0.15) is 50.5 Å². The fraction of sp³-hybridized carbons (Fsp3) is 0.333. The van der Waals surface area contributed by atoms with Crippen LogP contribution >= 0.6 is 11.8 Å². The summed E-state index contributed by atoms with van der Waals surface area (Å²) < 4.78 is 10.2. The first-order valence-corrected chi connectivity index (χ1v) is 13.1. The first kappa shape index (κ1) is 35.2. The summed E-state index contributed by atoms with van der Waals surface area (Å²) in [6, 6.07) is 17.6. The smallest absolute Gasteiger partial charge is 0.326 e. The van der Waals surface area contributed by atoms with Crippen LogP contribution in [0.25, 0.3) is 11.1 Å². The van der Waals surface area contributed by atoms with Crippen molar-refractivity contribution in [2.45, 2.75) is 47.3 Å². The van der Waals surface area contributed by atoms with Gasteiger partial charge in [0.15, 0.2) is 0 Å². The van der Waals surface area contributed by atoms with E-state index in [4.69, 9.17) is 4.74 Å². The normalized spacial score (nSPS) is 10.3. The summed E-state index contributed by atoms with van der Waals surface area (Å²) in [4.78, 5) is 38.4. The summed E-state index contributed by atoms with van der Waals surface area (Å²) >= 11 is 1.64. The SMILES string of the molecule is C.C.CCC(NC(=O)c1ccc(COc2cccnc2)cc1-c1ccccc1)C(=O)O.COC(=O)CCSC. The number of aliphatic carboxylic acids is 1. The molecule has 0 bridgehead atoms. The van der Waals surface area contributed by atoms with Crippen LogP contribution in [0.2, 0.25) is 0 Å². The Kier molecular flexibility index (Phi) is 17.4. The van der Waals surface area contributed by atoms with Gasteiger partial charge in [-0.1, -0.05) is 58.2 Å². The molecule has 1 aromatic heterocycles. The summed E-state index contributed by atoms with van der Waals surface area (Å²) in [7, 11) is 1.41. The molecule has 1 amide bonds. The van der Waals surface area contributed by atoms with Gasteiger partial charge in [-0.15, -0.1) is 0 Å². The number of carboxylic acids is 1. The second-order valence-corrected chi connectivity index (χ2v) is 8.80. The molecule has 212 valence electrons. The average molecular weight is 557 g/mol. The molecular formula is C30H40N2O6S. The van der Waals surface area contributed by atoms with E-state index < -0.39 is 17.9 Å². The Hall–Kier alpha value is -3.85. The Balaban J connectivity index is 0.00000126. The number of carbonyl (C=O) groups excluding carboxylic acids is 2. The zero-order chi connectivity index (χ0) is 27.0. The van der Waals surface area contributed by atoms with Crippen molar-refractivity contribution < 1.29 is 29.0 Å². The third kappa shape index (κ3) is 12.0. The van der Waals surface area contributed by atoms with E-state index in [1.54, 1.807) is 49.3 Å². The molecule has 0 saturated carbocycles. The van der Waals surface area contributed by atoms with E-state index in [0.717, 1.165) is 22.4 Å².